The number of benzene rings is 1. The molecule has 1 saturated heterocycles. The third-order valence-corrected chi connectivity index (χ3v) is 5.12. The van der Waals surface area contributed by atoms with E-state index in [9.17, 15) is 14.9 Å². The van der Waals surface area contributed by atoms with Crippen LogP contribution in [-0.4, -0.2) is 39.3 Å². The summed E-state index contributed by atoms with van der Waals surface area (Å²) in [4.78, 5) is 24.8. The van der Waals surface area contributed by atoms with E-state index in [4.69, 9.17) is 0 Å². The van der Waals surface area contributed by atoms with E-state index in [-0.39, 0.29) is 17.6 Å². The number of carbonyl (C=O) groups excluding carboxylic acids is 1. The lowest BCUT2D eigenvalue weighted by Gasteiger charge is -2.37. The lowest BCUT2D eigenvalue weighted by Crippen LogP contribution is -2.47. The first kappa shape index (κ1) is 14.8. The first-order valence-electron chi connectivity index (χ1n) is 6.59. The summed E-state index contributed by atoms with van der Waals surface area (Å²) in [7, 11) is 0. The third-order valence-electron chi connectivity index (χ3n) is 3.79. The highest BCUT2D eigenvalue weighted by molar-refractivity contribution is 8.00. The molecule has 1 amide bonds. The molecule has 0 aromatic heterocycles. The van der Waals surface area contributed by atoms with Gasteiger partial charge in [0.25, 0.3) is 11.6 Å². The maximum atomic E-state index is 12.5. The standard InChI is InChI=1S/C14H18N2O3S/c1-9-8-12(4-5-13(9)16(18)19)14(17)15-6-7-20-11(3)10(15)2/h4-5,8,10-11H,6-7H2,1-3H3/t10-,11+/m1/s1. The minimum atomic E-state index is -0.425. The number of nitro benzene ring substituents is 1. The van der Waals surface area contributed by atoms with Gasteiger partial charge in [-0.3, -0.25) is 14.9 Å². The average molecular weight is 294 g/mol. The number of nitrogens with zero attached hydrogens (tertiary/aromatic N) is 2. The van der Waals surface area contributed by atoms with Crippen molar-refractivity contribution in [2.24, 2.45) is 0 Å². The van der Waals surface area contributed by atoms with E-state index >= 15 is 0 Å². The van der Waals surface area contributed by atoms with Gasteiger partial charge in [0.1, 0.15) is 0 Å². The second-order valence-corrected chi connectivity index (χ2v) is 6.56. The van der Waals surface area contributed by atoms with Crippen molar-refractivity contribution in [1.82, 2.24) is 4.90 Å². The Kier molecular flexibility index (Phi) is 4.32. The average Bonchev–Trinajstić information content (AvgIpc) is 2.40. The number of rotatable bonds is 2. The van der Waals surface area contributed by atoms with E-state index in [0.29, 0.717) is 16.4 Å². The summed E-state index contributed by atoms with van der Waals surface area (Å²) in [5.41, 5.74) is 1.10. The molecule has 6 heteroatoms. The molecule has 0 aliphatic carbocycles. The maximum absolute atomic E-state index is 12.5. The van der Waals surface area contributed by atoms with Gasteiger partial charge in [0.05, 0.1) is 4.92 Å². The van der Waals surface area contributed by atoms with Gasteiger partial charge in [0, 0.05) is 40.8 Å². The SMILES string of the molecule is Cc1cc(C(=O)N2CCS[C@@H](C)[C@H]2C)ccc1[N+](=O)[O-]. The molecule has 2 atom stereocenters. The van der Waals surface area contributed by atoms with E-state index < -0.39 is 4.92 Å². The lowest BCUT2D eigenvalue weighted by molar-refractivity contribution is -0.385. The number of nitro groups is 1. The van der Waals surface area contributed by atoms with E-state index in [0.717, 1.165) is 12.3 Å². The number of thioether (sulfide) groups is 1. The maximum Gasteiger partial charge on any atom is 0.272 e. The Hall–Kier alpha value is -1.56. The second-order valence-electron chi connectivity index (χ2n) is 5.07. The van der Waals surface area contributed by atoms with Gasteiger partial charge < -0.3 is 4.90 Å². The Morgan fingerprint density at radius 3 is 2.75 bits per heavy atom. The Morgan fingerprint density at radius 1 is 1.45 bits per heavy atom. The molecule has 5 nitrogen and oxygen atoms in total. The van der Waals surface area contributed by atoms with Crippen LogP contribution in [0.1, 0.15) is 29.8 Å². The largest absolute Gasteiger partial charge is 0.334 e. The smallest absolute Gasteiger partial charge is 0.272 e. The zero-order chi connectivity index (χ0) is 14.9. The molecule has 1 aliphatic rings. The van der Waals surface area contributed by atoms with Crippen molar-refractivity contribution in [3.63, 3.8) is 0 Å². The predicted molar refractivity (Wildman–Crippen MR) is 80.3 cm³/mol. The fourth-order valence-electron chi connectivity index (χ4n) is 2.38. The molecular formula is C14H18N2O3S. The van der Waals surface area contributed by atoms with E-state index in [1.54, 1.807) is 19.1 Å². The van der Waals surface area contributed by atoms with E-state index in [1.807, 2.05) is 23.6 Å². The van der Waals surface area contributed by atoms with Crippen LogP contribution < -0.4 is 0 Å². The summed E-state index contributed by atoms with van der Waals surface area (Å²) < 4.78 is 0. The highest BCUT2D eigenvalue weighted by Crippen LogP contribution is 2.26. The molecule has 2 rings (SSSR count). The Balaban J connectivity index is 2.25. The van der Waals surface area contributed by atoms with Crippen LogP contribution in [0.3, 0.4) is 0 Å². The minimum absolute atomic E-state index is 0.0392. The molecule has 1 fully saturated rings. The van der Waals surface area contributed by atoms with Crippen LogP contribution in [0.2, 0.25) is 0 Å². The van der Waals surface area contributed by atoms with Crippen molar-refractivity contribution >= 4 is 23.4 Å². The molecule has 0 saturated carbocycles. The number of amides is 1. The minimum Gasteiger partial charge on any atom is -0.334 e. The van der Waals surface area contributed by atoms with Gasteiger partial charge in [-0.25, -0.2) is 0 Å². The van der Waals surface area contributed by atoms with Crippen LogP contribution in [0.15, 0.2) is 18.2 Å². The summed E-state index contributed by atoms with van der Waals surface area (Å²) in [5.74, 6) is 0.895. The van der Waals surface area contributed by atoms with Crippen molar-refractivity contribution in [1.29, 1.82) is 0 Å². The Labute approximate surface area is 122 Å². The zero-order valence-corrected chi connectivity index (χ0v) is 12.6. The summed E-state index contributed by atoms with van der Waals surface area (Å²) in [5, 5.41) is 11.2. The number of aryl methyl sites for hydroxylation is 1. The predicted octanol–water partition coefficient (Wildman–Crippen LogP) is 2.87. The molecule has 108 valence electrons. The van der Waals surface area contributed by atoms with Crippen molar-refractivity contribution in [3.05, 3.63) is 39.4 Å². The fraction of sp³-hybridized carbons (Fsp3) is 0.500. The lowest BCUT2D eigenvalue weighted by atomic mass is 10.1. The number of carbonyl (C=O) groups is 1. The molecule has 0 bridgehead atoms. The highest BCUT2D eigenvalue weighted by Gasteiger charge is 2.29. The molecular weight excluding hydrogens is 276 g/mol. The van der Waals surface area contributed by atoms with Crippen LogP contribution in [0, 0.1) is 17.0 Å². The normalized spacial score (nSPS) is 22.6. The van der Waals surface area contributed by atoms with Gasteiger partial charge in [-0.1, -0.05) is 6.92 Å². The third kappa shape index (κ3) is 2.80. The molecule has 0 unspecified atom stereocenters. The first-order chi connectivity index (χ1) is 9.41. The van der Waals surface area contributed by atoms with Gasteiger partial charge in [0.2, 0.25) is 0 Å². The van der Waals surface area contributed by atoms with Crippen molar-refractivity contribution in [2.75, 3.05) is 12.3 Å². The van der Waals surface area contributed by atoms with Gasteiger partial charge in [-0.15, -0.1) is 0 Å². The Bertz CT molecular complexity index is 547. The van der Waals surface area contributed by atoms with Crippen LogP contribution >= 0.6 is 11.8 Å². The van der Waals surface area contributed by atoms with Gasteiger partial charge in [-0.05, 0) is 26.0 Å². The van der Waals surface area contributed by atoms with E-state index in [1.165, 1.54) is 6.07 Å². The summed E-state index contributed by atoms with van der Waals surface area (Å²) in [6, 6.07) is 4.75. The van der Waals surface area contributed by atoms with Gasteiger partial charge >= 0.3 is 0 Å². The topological polar surface area (TPSA) is 63.5 Å². The fourth-order valence-corrected chi connectivity index (χ4v) is 3.48. The second kappa shape index (κ2) is 5.83. The van der Waals surface area contributed by atoms with Crippen molar-refractivity contribution in [3.8, 4) is 0 Å². The van der Waals surface area contributed by atoms with Crippen molar-refractivity contribution in [2.45, 2.75) is 32.1 Å². The number of hydrogen-bond donors (Lipinski definition) is 0. The summed E-state index contributed by atoms with van der Waals surface area (Å²) >= 11 is 1.87. The summed E-state index contributed by atoms with van der Waals surface area (Å²) in [6.07, 6.45) is 0. The van der Waals surface area contributed by atoms with Crippen molar-refractivity contribution < 1.29 is 9.72 Å². The monoisotopic (exact) mass is 294 g/mol. The van der Waals surface area contributed by atoms with E-state index in [2.05, 4.69) is 6.92 Å². The molecule has 1 aromatic rings. The molecule has 0 radical (unpaired) electrons. The first-order valence-corrected chi connectivity index (χ1v) is 7.64. The zero-order valence-electron chi connectivity index (χ0n) is 11.8. The Morgan fingerprint density at radius 2 is 2.15 bits per heavy atom. The summed E-state index contributed by atoms with van der Waals surface area (Å²) in [6.45, 7) is 6.56. The quantitative estimate of drug-likeness (QED) is 0.621. The molecule has 1 heterocycles. The number of hydrogen-bond acceptors (Lipinski definition) is 4. The van der Waals surface area contributed by atoms with Crippen LogP contribution in [0.25, 0.3) is 0 Å². The van der Waals surface area contributed by atoms with Crippen LogP contribution in [0.5, 0.6) is 0 Å². The molecule has 0 N–H and O–H groups in total. The molecule has 1 aliphatic heterocycles. The van der Waals surface area contributed by atoms with Gasteiger partial charge in [-0.2, -0.15) is 11.8 Å². The molecule has 1 aromatic carbocycles. The highest BCUT2D eigenvalue weighted by atomic mass is 32.2. The molecule has 0 spiro atoms. The van der Waals surface area contributed by atoms with Crippen LogP contribution in [0.4, 0.5) is 5.69 Å². The van der Waals surface area contributed by atoms with Crippen LogP contribution in [-0.2, 0) is 0 Å². The molecule has 20 heavy (non-hydrogen) atoms. The van der Waals surface area contributed by atoms with Gasteiger partial charge in [0.15, 0.2) is 0 Å².